The molecule has 8 nitrogen and oxygen atoms in total. The summed E-state index contributed by atoms with van der Waals surface area (Å²) in [5, 5.41) is 34.4. The summed E-state index contributed by atoms with van der Waals surface area (Å²) >= 11 is 0. The smallest absolute Gasteiger partial charge is 1.00 e. The Labute approximate surface area is 126 Å². The maximum Gasteiger partial charge on any atom is 2.00 e. The van der Waals surface area contributed by atoms with E-state index in [0.29, 0.717) is 5.56 Å². The van der Waals surface area contributed by atoms with Gasteiger partial charge in [-0.1, -0.05) is 18.2 Å². The molecule has 3 N–H and O–H groups in total. The van der Waals surface area contributed by atoms with Crippen LogP contribution in [0.15, 0.2) is 30.3 Å². The van der Waals surface area contributed by atoms with E-state index < -0.39 is 29.5 Å². The summed E-state index contributed by atoms with van der Waals surface area (Å²) in [5.74, 6) is -2.62. The van der Waals surface area contributed by atoms with E-state index >= 15 is 0 Å². The molecule has 1 rings (SSSR count). The van der Waals surface area contributed by atoms with Crippen LogP contribution in [0.3, 0.4) is 0 Å². The Hall–Kier alpha value is -1.71. The maximum atomic E-state index is 10.1. The number of carboxylic acids is 2. The van der Waals surface area contributed by atoms with Crippen molar-refractivity contribution in [2.24, 2.45) is 0 Å². The van der Waals surface area contributed by atoms with E-state index in [9.17, 15) is 19.7 Å². The summed E-state index contributed by atoms with van der Waals surface area (Å²) in [7, 11) is 0. The Kier molecular flexibility index (Phi) is 10.6. The first-order valence-electron chi connectivity index (χ1n) is 4.64. The molecule has 0 heterocycles. The minimum absolute atomic E-state index is 0. The van der Waals surface area contributed by atoms with Gasteiger partial charge in [0.05, 0.1) is 10.5 Å². The fourth-order valence-corrected chi connectivity index (χ4v) is 0.876. The molecule has 0 amide bonds. The van der Waals surface area contributed by atoms with Gasteiger partial charge in [-0.25, -0.2) is 0 Å². The normalized spacial score (nSPS) is 10.2. The van der Waals surface area contributed by atoms with Gasteiger partial charge >= 0.3 is 41.2 Å². The third kappa shape index (κ3) is 9.94. The molecule has 0 radical (unpaired) electrons. The van der Waals surface area contributed by atoms with Gasteiger partial charge in [0, 0.05) is 0 Å². The second kappa shape index (κ2) is 10.2. The van der Waals surface area contributed by atoms with Gasteiger partial charge in [0.1, 0.15) is 6.42 Å². The van der Waals surface area contributed by atoms with Crippen LogP contribution in [0.2, 0.25) is 0 Å². The molecule has 0 fully saturated rings. The largest absolute Gasteiger partial charge is 2.00 e. The van der Waals surface area contributed by atoms with Crippen LogP contribution >= 0.6 is 0 Å². The molecule has 0 saturated heterocycles. The molecule has 0 saturated carbocycles. The molecule has 0 bridgehead atoms. The van der Waals surface area contributed by atoms with Crippen molar-refractivity contribution in [3.8, 4) is 0 Å². The fourth-order valence-electron chi connectivity index (χ4n) is 0.876. The number of aliphatic carboxylic acids is 2. The molecule has 0 spiro atoms. The van der Waals surface area contributed by atoms with Gasteiger partial charge in [0.2, 0.25) is 0 Å². The van der Waals surface area contributed by atoms with Crippen LogP contribution in [0, 0.1) is 10.1 Å². The molecule has 1 unspecified atom stereocenters. The van der Waals surface area contributed by atoms with Crippen LogP contribution < -0.4 is 0 Å². The van der Waals surface area contributed by atoms with Crippen LogP contribution in [0.25, 0.3) is 0 Å². The SMILES string of the molecule is O=C(O)CC(=O)O.O=[N+]([O-])C(O)c1ccccc1.[H-].[H-].[Mg+2]. The molecular weight excluding hydrogens is 270 g/mol. The van der Waals surface area contributed by atoms with Gasteiger partial charge < -0.3 is 18.2 Å². The Morgan fingerprint density at radius 1 is 1.21 bits per heavy atom. The monoisotopic (exact) mass is 283 g/mol. The van der Waals surface area contributed by atoms with Crippen molar-refractivity contribution < 1.29 is 32.7 Å². The van der Waals surface area contributed by atoms with E-state index in [1.165, 1.54) is 12.1 Å². The summed E-state index contributed by atoms with van der Waals surface area (Å²) in [6.07, 6.45) is -2.41. The van der Waals surface area contributed by atoms with E-state index in [1.54, 1.807) is 18.2 Å². The number of carboxylic acid groups (broad SMARTS) is 2. The topological polar surface area (TPSA) is 138 Å². The van der Waals surface area contributed by atoms with Crippen LogP contribution in [-0.2, 0) is 9.59 Å². The number of hydrogen-bond donors (Lipinski definition) is 3. The molecule has 1 aromatic carbocycles. The standard InChI is InChI=1S/C7H7NO3.C3H4O4.Mg.2H/c9-7(8(10)11)6-4-2-1-3-5-6;4-2(5)1-3(6)7;;;/h1-5,7,9H;1H2,(H,4,5)(H,6,7);;;/q;;+2;2*-1. The zero-order chi connectivity index (χ0) is 14.1. The number of hydrogen-bond acceptors (Lipinski definition) is 5. The number of carbonyl (C=O) groups is 2. The zero-order valence-electron chi connectivity index (χ0n) is 11.8. The molecule has 1 aromatic rings. The molecule has 102 valence electrons. The third-order valence-corrected chi connectivity index (χ3v) is 1.60. The van der Waals surface area contributed by atoms with Gasteiger partial charge in [0.25, 0.3) is 0 Å². The quantitative estimate of drug-likeness (QED) is 0.238. The predicted molar refractivity (Wildman–Crippen MR) is 66.3 cm³/mol. The van der Waals surface area contributed by atoms with E-state index in [1.807, 2.05) is 0 Å². The number of rotatable bonds is 4. The summed E-state index contributed by atoms with van der Waals surface area (Å²) in [6.45, 7) is 0. The Bertz CT molecular complexity index is 421. The minimum atomic E-state index is -1.60. The summed E-state index contributed by atoms with van der Waals surface area (Å²) < 4.78 is 0. The Morgan fingerprint density at radius 2 is 1.63 bits per heavy atom. The molecular formula is C10H13MgNO7. The molecule has 0 aliphatic rings. The van der Waals surface area contributed by atoms with Crippen molar-refractivity contribution in [2.75, 3.05) is 0 Å². The second-order valence-electron chi connectivity index (χ2n) is 3.03. The van der Waals surface area contributed by atoms with Crippen LogP contribution in [0.4, 0.5) is 0 Å². The van der Waals surface area contributed by atoms with Gasteiger partial charge in [-0.05, 0) is 12.1 Å². The number of aliphatic hydroxyl groups excluding tert-OH is 1. The van der Waals surface area contributed by atoms with E-state index in [0.717, 1.165) is 0 Å². The van der Waals surface area contributed by atoms with E-state index in [2.05, 4.69) is 0 Å². The molecule has 9 heteroatoms. The Balaban J connectivity index is -0.000000130. The average molecular weight is 284 g/mol. The second-order valence-corrected chi connectivity index (χ2v) is 3.03. The van der Waals surface area contributed by atoms with Crippen LogP contribution in [-0.4, -0.2) is 55.2 Å². The first kappa shape index (κ1) is 19.6. The van der Waals surface area contributed by atoms with Crippen molar-refractivity contribution in [2.45, 2.75) is 12.6 Å². The summed E-state index contributed by atoms with van der Waals surface area (Å²) in [5.41, 5.74) is 0.303. The van der Waals surface area contributed by atoms with E-state index in [-0.39, 0.29) is 25.9 Å². The van der Waals surface area contributed by atoms with Crippen LogP contribution in [0.5, 0.6) is 0 Å². The average Bonchev–Trinajstić information content (AvgIpc) is 2.28. The summed E-state index contributed by atoms with van der Waals surface area (Å²) in [4.78, 5) is 28.2. The zero-order valence-corrected chi connectivity index (χ0v) is 11.2. The molecule has 19 heavy (non-hydrogen) atoms. The van der Waals surface area contributed by atoms with Gasteiger partial charge in [-0.3, -0.25) is 19.7 Å². The number of nitrogens with zero attached hydrogens (tertiary/aromatic N) is 1. The number of nitro groups is 1. The first-order valence-corrected chi connectivity index (χ1v) is 4.64. The number of aliphatic hydroxyl groups is 1. The van der Waals surface area contributed by atoms with E-state index in [4.69, 9.17) is 15.3 Å². The fraction of sp³-hybridized carbons (Fsp3) is 0.200. The molecule has 0 aliphatic heterocycles. The Morgan fingerprint density at radius 3 is 1.89 bits per heavy atom. The maximum absolute atomic E-state index is 10.1. The van der Waals surface area contributed by atoms with Crippen molar-refractivity contribution in [1.29, 1.82) is 0 Å². The molecule has 0 aromatic heterocycles. The van der Waals surface area contributed by atoms with Crippen molar-refractivity contribution in [3.05, 3.63) is 46.0 Å². The summed E-state index contributed by atoms with van der Waals surface area (Å²) in [6, 6.07) is 8.03. The number of benzene rings is 1. The molecule has 1 atom stereocenters. The van der Waals surface area contributed by atoms with Crippen molar-refractivity contribution in [1.82, 2.24) is 0 Å². The third-order valence-electron chi connectivity index (χ3n) is 1.60. The van der Waals surface area contributed by atoms with Crippen LogP contribution in [0.1, 0.15) is 21.1 Å². The first-order chi connectivity index (χ1) is 8.34. The van der Waals surface area contributed by atoms with Gasteiger partial charge in [-0.15, -0.1) is 0 Å². The van der Waals surface area contributed by atoms with Gasteiger partial charge in [0.15, 0.2) is 0 Å². The molecule has 0 aliphatic carbocycles. The van der Waals surface area contributed by atoms with Crippen molar-refractivity contribution in [3.63, 3.8) is 0 Å². The van der Waals surface area contributed by atoms with Gasteiger partial charge in [-0.2, -0.15) is 0 Å². The van der Waals surface area contributed by atoms with Crippen molar-refractivity contribution >= 4 is 35.0 Å². The predicted octanol–water partition coefficient (Wildman–Crippen LogP) is 0.344. The minimum Gasteiger partial charge on any atom is -1.00 e.